The maximum atomic E-state index is 13.3. The number of nitrogens with zero attached hydrogens (tertiary/aromatic N) is 6. The normalized spacial score (nSPS) is 22.9. The quantitative estimate of drug-likeness (QED) is 0.245. The lowest BCUT2D eigenvalue weighted by Crippen LogP contribution is -2.59. The Kier molecular flexibility index (Phi) is 6.63. The van der Waals surface area contributed by atoms with Crippen molar-refractivity contribution in [2.45, 2.75) is 71.0 Å². The predicted octanol–water partition coefficient (Wildman–Crippen LogP) is 6.54. The van der Waals surface area contributed by atoms with E-state index in [2.05, 4.69) is 71.5 Å². The van der Waals surface area contributed by atoms with Crippen molar-refractivity contribution in [2.24, 2.45) is 11.3 Å². The van der Waals surface area contributed by atoms with Gasteiger partial charge in [0.05, 0.1) is 39.6 Å². The molecule has 1 unspecified atom stereocenters. The van der Waals surface area contributed by atoms with Crippen molar-refractivity contribution in [2.75, 3.05) is 24.2 Å². The minimum Gasteiger partial charge on any atom is -0.383 e. The summed E-state index contributed by atoms with van der Waals surface area (Å²) < 4.78 is 2.05. The highest BCUT2D eigenvalue weighted by Gasteiger charge is 2.59. The largest absolute Gasteiger partial charge is 0.383 e. The number of hydrogen-bond donors (Lipinski definition) is 2. The van der Waals surface area contributed by atoms with E-state index < -0.39 is 0 Å². The van der Waals surface area contributed by atoms with E-state index >= 15 is 0 Å². The second kappa shape index (κ2) is 10.2. The highest BCUT2D eigenvalue weighted by atomic mass is 35.5. The van der Waals surface area contributed by atoms with E-state index in [1.807, 2.05) is 36.2 Å². The minimum absolute atomic E-state index is 0.00562. The van der Waals surface area contributed by atoms with Crippen molar-refractivity contribution in [3.63, 3.8) is 0 Å². The van der Waals surface area contributed by atoms with Crippen molar-refractivity contribution in [1.82, 2.24) is 24.9 Å². The maximum Gasteiger partial charge on any atom is 0.254 e. The summed E-state index contributed by atoms with van der Waals surface area (Å²) in [7, 11) is 1.86. The molecule has 1 amide bonds. The van der Waals surface area contributed by atoms with Gasteiger partial charge in [-0.1, -0.05) is 49.7 Å². The molecule has 10 heteroatoms. The second-order valence-electron chi connectivity index (χ2n) is 14.1. The number of rotatable bonds is 7. The van der Waals surface area contributed by atoms with Gasteiger partial charge < -0.3 is 15.5 Å². The Morgan fingerprint density at radius 2 is 2.00 bits per heavy atom. The molecule has 1 aliphatic heterocycles. The number of benzene rings is 2. The minimum atomic E-state index is -0.388. The maximum absolute atomic E-state index is 13.3. The number of carbonyl (C=O) groups is 1. The van der Waals surface area contributed by atoms with Crippen LogP contribution in [0, 0.1) is 22.7 Å². The van der Waals surface area contributed by atoms with Gasteiger partial charge in [-0.25, -0.2) is 4.68 Å². The fraction of sp³-hybridized carbons (Fsp3) is 0.441. The van der Waals surface area contributed by atoms with Crippen LogP contribution in [-0.2, 0) is 12.0 Å². The van der Waals surface area contributed by atoms with E-state index in [1.165, 1.54) is 0 Å². The van der Waals surface area contributed by atoms with Crippen LogP contribution in [0.1, 0.15) is 85.7 Å². The van der Waals surface area contributed by atoms with E-state index in [9.17, 15) is 10.1 Å². The SMILES string of the molecule is CC1Cc2c(cccc2[C@H](Nc2cc(Cl)c3ncc(C#N)c(NCC(C)(C)C)c3c2)c2cn(C34CC(C3)C4)nn2)C(=O)N1C. The molecule has 0 spiro atoms. The molecular weight excluding hydrogens is 572 g/mol. The molecule has 8 rings (SSSR count). The smallest absolute Gasteiger partial charge is 0.254 e. The van der Waals surface area contributed by atoms with Crippen molar-refractivity contribution in [3.8, 4) is 6.07 Å². The molecule has 4 aliphatic rings. The van der Waals surface area contributed by atoms with Crippen molar-refractivity contribution in [3.05, 3.63) is 75.7 Å². The lowest BCUT2D eigenvalue weighted by Gasteiger charge is -2.61. The molecule has 4 aromatic rings. The fourth-order valence-corrected chi connectivity index (χ4v) is 7.20. The molecule has 2 aromatic heterocycles. The number of amides is 1. The van der Waals surface area contributed by atoms with Crippen LogP contribution in [0.3, 0.4) is 0 Å². The number of nitrogens with one attached hydrogen (secondary N) is 2. The summed E-state index contributed by atoms with van der Waals surface area (Å²) in [5.74, 6) is 0.838. The number of nitriles is 1. The lowest BCUT2D eigenvalue weighted by molar-refractivity contribution is -0.0989. The van der Waals surface area contributed by atoms with Gasteiger partial charge in [0.25, 0.3) is 5.91 Å². The highest BCUT2D eigenvalue weighted by molar-refractivity contribution is 6.35. The number of hydrogen-bond acceptors (Lipinski definition) is 7. The molecular formula is C34H37ClN8O. The van der Waals surface area contributed by atoms with Gasteiger partial charge in [-0.05, 0) is 73.3 Å². The highest BCUT2D eigenvalue weighted by Crippen LogP contribution is 2.62. The van der Waals surface area contributed by atoms with Crippen molar-refractivity contribution >= 4 is 39.8 Å². The number of likely N-dealkylation sites (N-methyl/N-ethyl adjacent to an activating group) is 1. The summed E-state index contributed by atoms with van der Waals surface area (Å²) in [6.45, 7) is 9.17. The first-order valence-corrected chi connectivity index (χ1v) is 15.7. The van der Waals surface area contributed by atoms with Crippen LogP contribution in [0.4, 0.5) is 11.4 Å². The standard InChI is InChI=1S/C34H37ClN8O/c1-19-9-25-23(7-6-8-24(25)32(44)42(19)5)31(28-17-43(41-40-28)34-12-20(13-34)14-34)39-22-10-26-29(38-18-33(2,3)4)21(15-36)16-37-30(26)27(35)11-22/h6-8,10-11,16-17,19-20,31,39H,9,12-14,18H2,1-5H3,(H,37,38)/t19?,20?,31-,34?/m0/s1. The zero-order valence-electron chi connectivity index (χ0n) is 25.8. The van der Waals surface area contributed by atoms with Gasteiger partial charge in [0.1, 0.15) is 11.8 Å². The molecule has 44 heavy (non-hydrogen) atoms. The molecule has 2 N–H and O–H groups in total. The van der Waals surface area contributed by atoms with E-state index in [1.54, 1.807) is 6.20 Å². The molecule has 3 saturated carbocycles. The molecule has 9 nitrogen and oxygen atoms in total. The van der Waals surface area contributed by atoms with E-state index in [-0.39, 0.29) is 28.9 Å². The zero-order chi connectivity index (χ0) is 31.0. The van der Waals surface area contributed by atoms with Gasteiger partial charge in [0.15, 0.2) is 0 Å². The van der Waals surface area contributed by atoms with Crippen molar-refractivity contribution in [1.29, 1.82) is 5.26 Å². The summed E-state index contributed by atoms with van der Waals surface area (Å²) in [5.41, 5.74) is 6.16. The summed E-state index contributed by atoms with van der Waals surface area (Å²) in [4.78, 5) is 19.7. The molecule has 0 radical (unpaired) electrons. The van der Waals surface area contributed by atoms with E-state index in [0.29, 0.717) is 28.3 Å². The zero-order valence-corrected chi connectivity index (χ0v) is 26.5. The third-order valence-electron chi connectivity index (χ3n) is 9.69. The lowest BCUT2D eigenvalue weighted by atomic mass is 9.50. The Morgan fingerprint density at radius 1 is 1.23 bits per heavy atom. The van der Waals surface area contributed by atoms with Gasteiger partial charge in [-0.3, -0.25) is 9.78 Å². The van der Waals surface area contributed by atoms with Gasteiger partial charge in [-0.15, -0.1) is 5.10 Å². The monoisotopic (exact) mass is 608 g/mol. The van der Waals surface area contributed by atoms with Crippen LogP contribution in [0.2, 0.25) is 5.02 Å². The van der Waals surface area contributed by atoms with Crippen molar-refractivity contribution < 1.29 is 4.79 Å². The predicted molar refractivity (Wildman–Crippen MR) is 172 cm³/mol. The Hall–Kier alpha value is -4.16. The van der Waals surface area contributed by atoms with E-state index in [4.69, 9.17) is 16.7 Å². The molecule has 226 valence electrons. The first kappa shape index (κ1) is 28.6. The summed E-state index contributed by atoms with van der Waals surface area (Å²) in [6.07, 6.45) is 7.86. The Balaban J connectivity index is 1.35. The van der Waals surface area contributed by atoms with Crippen LogP contribution < -0.4 is 10.6 Å². The Morgan fingerprint density at radius 3 is 2.68 bits per heavy atom. The molecule has 3 heterocycles. The van der Waals surface area contributed by atoms with Gasteiger partial charge in [-0.2, -0.15) is 5.26 Å². The number of fused-ring (bicyclic) bond motifs is 2. The van der Waals surface area contributed by atoms with Crippen LogP contribution in [0.25, 0.3) is 10.9 Å². The number of aromatic nitrogens is 4. The van der Waals surface area contributed by atoms with Gasteiger partial charge in [0, 0.05) is 42.5 Å². The third-order valence-corrected chi connectivity index (χ3v) is 9.97. The van der Waals surface area contributed by atoms with E-state index in [0.717, 1.165) is 65.1 Å². The third kappa shape index (κ3) is 4.67. The summed E-state index contributed by atoms with van der Waals surface area (Å²) in [5, 5.41) is 27.7. The van der Waals surface area contributed by atoms with Crippen LogP contribution in [0.5, 0.6) is 0 Å². The summed E-state index contributed by atoms with van der Waals surface area (Å²) in [6, 6.07) is 11.8. The first-order chi connectivity index (χ1) is 21.0. The molecule has 3 aliphatic carbocycles. The fourth-order valence-electron chi connectivity index (χ4n) is 6.93. The average molecular weight is 609 g/mol. The molecule has 2 bridgehead atoms. The molecule has 2 aromatic carbocycles. The second-order valence-corrected chi connectivity index (χ2v) is 14.5. The number of anilines is 2. The number of carbonyl (C=O) groups excluding carboxylic acids is 1. The Labute approximate surface area is 262 Å². The summed E-state index contributed by atoms with van der Waals surface area (Å²) >= 11 is 6.87. The topological polar surface area (TPSA) is 112 Å². The van der Waals surface area contributed by atoms with Crippen LogP contribution >= 0.6 is 11.6 Å². The number of halogens is 1. The van der Waals surface area contributed by atoms with Gasteiger partial charge in [0.2, 0.25) is 0 Å². The Bertz CT molecular complexity index is 1830. The van der Waals surface area contributed by atoms with Gasteiger partial charge >= 0.3 is 0 Å². The number of pyridine rings is 1. The first-order valence-electron chi connectivity index (χ1n) is 15.3. The average Bonchev–Trinajstić information content (AvgIpc) is 3.40. The molecule has 2 atom stereocenters. The molecule has 3 fully saturated rings. The molecule has 0 saturated heterocycles. The van der Waals surface area contributed by atoms with Crippen LogP contribution in [0.15, 0.2) is 42.7 Å². The van der Waals surface area contributed by atoms with Crippen LogP contribution in [-0.4, -0.2) is 50.4 Å².